The zero-order valence-electron chi connectivity index (χ0n) is 10.2. The van der Waals surface area contributed by atoms with Crippen LogP contribution in [0.3, 0.4) is 0 Å². The highest BCUT2D eigenvalue weighted by Crippen LogP contribution is 2.30. The fourth-order valence-electron chi connectivity index (χ4n) is 1.89. The van der Waals surface area contributed by atoms with Gasteiger partial charge in [0.1, 0.15) is 11.4 Å². The number of rotatable bonds is 2. The largest absolute Gasteiger partial charge is 0.381 e. The summed E-state index contributed by atoms with van der Waals surface area (Å²) >= 11 is 3.36. The second kappa shape index (κ2) is 4.82. The highest BCUT2D eigenvalue weighted by atomic mass is 79.9. The van der Waals surface area contributed by atoms with Gasteiger partial charge in [-0.3, -0.25) is 0 Å². The van der Waals surface area contributed by atoms with E-state index in [-0.39, 0.29) is 5.82 Å². The topological polar surface area (TPSA) is 20.2 Å². The first-order chi connectivity index (χ1) is 8.41. The van der Waals surface area contributed by atoms with Crippen molar-refractivity contribution in [3.05, 3.63) is 69.4 Å². The maximum Gasteiger partial charge on any atom is 0.126 e. The lowest BCUT2D eigenvalue weighted by Gasteiger charge is -2.25. The molecule has 1 N–H and O–H groups in total. The van der Waals surface area contributed by atoms with Crippen molar-refractivity contribution in [1.82, 2.24) is 0 Å². The zero-order valence-corrected chi connectivity index (χ0v) is 11.8. The molecule has 0 amide bonds. The SMILES string of the molecule is Cc1cc(C(C)(O)c2ccc(Br)cc2)ccc1F. The minimum absolute atomic E-state index is 0.259. The quantitative estimate of drug-likeness (QED) is 0.883. The van der Waals surface area contributed by atoms with Crippen LogP contribution in [-0.4, -0.2) is 5.11 Å². The Morgan fingerprint density at radius 3 is 2.17 bits per heavy atom. The van der Waals surface area contributed by atoms with Gasteiger partial charge in [-0.25, -0.2) is 4.39 Å². The molecule has 0 aliphatic rings. The predicted molar refractivity (Wildman–Crippen MR) is 74.0 cm³/mol. The predicted octanol–water partition coefficient (Wildman–Crippen LogP) is 4.15. The first kappa shape index (κ1) is 13.2. The summed E-state index contributed by atoms with van der Waals surface area (Å²) in [4.78, 5) is 0. The van der Waals surface area contributed by atoms with Crippen molar-refractivity contribution >= 4 is 15.9 Å². The van der Waals surface area contributed by atoms with Crippen molar-refractivity contribution in [1.29, 1.82) is 0 Å². The summed E-state index contributed by atoms with van der Waals surface area (Å²) in [6.07, 6.45) is 0. The van der Waals surface area contributed by atoms with Crippen LogP contribution in [0.5, 0.6) is 0 Å². The molecule has 18 heavy (non-hydrogen) atoms. The van der Waals surface area contributed by atoms with E-state index in [0.29, 0.717) is 11.1 Å². The summed E-state index contributed by atoms with van der Waals surface area (Å²) in [7, 11) is 0. The summed E-state index contributed by atoms with van der Waals surface area (Å²) in [5.41, 5.74) is 0.865. The van der Waals surface area contributed by atoms with Crippen LogP contribution in [0.25, 0.3) is 0 Å². The Hall–Kier alpha value is -1.19. The van der Waals surface area contributed by atoms with Gasteiger partial charge in [-0.05, 0) is 54.8 Å². The van der Waals surface area contributed by atoms with Crippen LogP contribution in [0, 0.1) is 12.7 Å². The van der Waals surface area contributed by atoms with E-state index in [4.69, 9.17) is 0 Å². The van der Waals surface area contributed by atoms with Crippen LogP contribution in [-0.2, 0) is 5.60 Å². The number of halogens is 2. The van der Waals surface area contributed by atoms with Crippen molar-refractivity contribution in [2.45, 2.75) is 19.4 Å². The van der Waals surface area contributed by atoms with E-state index in [1.807, 2.05) is 24.3 Å². The van der Waals surface area contributed by atoms with Crippen LogP contribution in [0.15, 0.2) is 46.9 Å². The minimum atomic E-state index is -1.13. The summed E-state index contributed by atoms with van der Waals surface area (Å²) in [5, 5.41) is 10.6. The molecule has 0 spiro atoms. The lowest BCUT2D eigenvalue weighted by atomic mass is 9.87. The van der Waals surface area contributed by atoms with Gasteiger partial charge >= 0.3 is 0 Å². The van der Waals surface area contributed by atoms with Crippen molar-refractivity contribution < 1.29 is 9.50 Å². The molecule has 94 valence electrons. The minimum Gasteiger partial charge on any atom is -0.381 e. The monoisotopic (exact) mass is 308 g/mol. The maximum atomic E-state index is 13.3. The van der Waals surface area contributed by atoms with Crippen molar-refractivity contribution in [2.24, 2.45) is 0 Å². The fourth-order valence-corrected chi connectivity index (χ4v) is 2.15. The van der Waals surface area contributed by atoms with Gasteiger partial charge in [-0.15, -0.1) is 0 Å². The summed E-state index contributed by atoms with van der Waals surface area (Å²) in [6.45, 7) is 3.40. The molecule has 2 aromatic rings. The Morgan fingerprint density at radius 1 is 1.06 bits per heavy atom. The van der Waals surface area contributed by atoms with Gasteiger partial charge in [0.25, 0.3) is 0 Å². The Labute approximate surface area is 114 Å². The average molecular weight is 309 g/mol. The van der Waals surface area contributed by atoms with Gasteiger partial charge in [0, 0.05) is 4.47 Å². The molecule has 0 fully saturated rings. The number of hydrogen-bond acceptors (Lipinski definition) is 1. The molecule has 0 saturated carbocycles. The normalized spacial score (nSPS) is 14.3. The van der Waals surface area contributed by atoms with Gasteiger partial charge in [0.2, 0.25) is 0 Å². The standard InChI is InChI=1S/C15H14BrFO/c1-10-9-12(5-8-14(10)17)15(2,18)11-3-6-13(16)7-4-11/h3-9,18H,1-2H3. The van der Waals surface area contributed by atoms with Crippen LogP contribution < -0.4 is 0 Å². The first-order valence-electron chi connectivity index (χ1n) is 5.66. The molecule has 0 radical (unpaired) electrons. The molecule has 0 aliphatic carbocycles. The molecule has 1 atom stereocenters. The van der Waals surface area contributed by atoms with Crippen LogP contribution in [0.4, 0.5) is 4.39 Å². The fraction of sp³-hybridized carbons (Fsp3) is 0.200. The second-order valence-corrected chi connectivity index (χ2v) is 5.46. The highest BCUT2D eigenvalue weighted by molar-refractivity contribution is 9.10. The Bertz CT molecular complexity index is 561. The molecule has 0 heterocycles. The van der Waals surface area contributed by atoms with E-state index in [1.54, 1.807) is 26.0 Å². The molecule has 1 nitrogen and oxygen atoms in total. The molecular formula is C15H14BrFO. The van der Waals surface area contributed by atoms with Crippen molar-refractivity contribution in [2.75, 3.05) is 0 Å². The summed E-state index contributed by atoms with van der Waals surface area (Å²) in [5.74, 6) is -0.259. The van der Waals surface area contributed by atoms with E-state index in [0.717, 1.165) is 10.0 Å². The summed E-state index contributed by atoms with van der Waals surface area (Å²) < 4.78 is 14.2. The molecule has 2 aromatic carbocycles. The smallest absolute Gasteiger partial charge is 0.126 e. The number of benzene rings is 2. The molecule has 3 heteroatoms. The average Bonchev–Trinajstić information content (AvgIpc) is 2.33. The van der Waals surface area contributed by atoms with E-state index in [1.165, 1.54) is 6.07 Å². The van der Waals surface area contributed by atoms with E-state index >= 15 is 0 Å². The van der Waals surface area contributed by atoms with Crippen molar-refractivity contribution in [3.63, 3.8) is 0 Å². The van der Waals surface area contributed by atoms with Gasteiger partial charge in [-0.1, -0.05) is 34.1 Å². The second-order valence-electron chi connectivity index (χ2n) is 4.54. The van der Waals surface area contributed by atoms with Crippen LogP contribution in [0.2, 0.25) is 0 Å². The first-order valence-corrected chi connectivity index (χ1v) is 6.45. The van der Waals surface area contributed by atoms with Crippen LogP contribution >= 0.6 is 15.9 Å². The molecular weight excluding hydrogens is 295 g/mol. The third-order valence-electron chi connectivity index (χ3n) is 3.13. The van der Waals surface area contributed by atoms with Gasteiger partial charge in [-0.2, -0.15) is 0 Å². The van der Waals surface area contributed by atoms with Gasteiger partial charge < -0.3 is 5.11 Å². The van der Waals surface area contributed by atoms with Crippen molar-refractivity contribution in [3.8, 4) is 0 Å². The molecule has 1 unspecified atom stereocenters. The van der Waals surface area contributed by atoms with Crippen LogP contribution in [0.1, 0.15) is 23.6 Å². The Balaban J connectivity index is 2.46. The lowest BCUT2D eigenvalue weighted by Crippen LogP contribution is -2.22. The lowest BCUT2D eigenvalue weighted by molar-refractivity contribution is 0.102. The van der Waals surface area contributed by atoms with Gasteiger partial charge in [0.05, 0.1) is 0 Å². The van der Waals surface area contributed by atoms with E-state index in [2.05, 4.69) is 15.9 Å². The third kappa shape index (κ3) is 2.47. The van der Waals surface area contributed by atoms with Gasteiger partial charge in [0.15, 0.2) is 0 Å². The third-order valence-corrected chi connectivity index (χ3v) is 3.66. The van der Waals surface area contributed by atoms with E-state index in [9.17, 15) is 9.50 Å². The molecule has 0 aromatic heterocycles. The number of hydrogen-bond donors (Lipinski definition) is 1. The number of aryl methyl sites for hydroxylation is 1. The molecule has 0 saturated heterocycles. The molecule has 0 aliphatic heterocycles. The highest BCUT2D eigenvalue weighted by Gasteiger charge is 2.25. The number of aliphatic hydroxyl groups is 1. The molecule has 2 rings (SSSR count). The molecule has 0 bridgehead atoms. The maximum absolute atomic E-state index is 13.3. The zero-order chi connectivity index (χ0) is 13.3. The Kier molecular flexibility index (Phi) is 3.55. The van der Waals surface area contributed by atoms with E-state index < -0.39 is 5.60 Å². The summed E-state index contributed by atoms with van der Waals surface area (Å²) in [6, 6.07) is 12.1. The Morgan fingerprint density at radius 2 is 1.61 bits per heavy atom.